The SMILES string of the molecule is COc1ccc(S(=O)(=O)NCCC(=O)Nc2ccc([N+](=O)[O-])cc2OC)cc1. The third-order valence-corrected chi connectivity index (χ3v) is 5.16. The van der Waals surface area contributed by atoms with Crippen LogP contribution in [0.2, 0.25) is 0 Å². The summed E-state index contributed by atoms with van der Waals surface area (Å²) >= 11 is 0. The summed E-state index contributed by atoms with van der Waals surface area (Å²) < 4.78 is 36.8. The van der Waals surface area contributed by atoms with Gasteiger partial charge in [0.2, 0.25) is 15.9 Å². The van der Waals surface area contributed by atoms with Gasteiger partial charge in [-0.05, 0) is 30.3 Å². The number of hydrogen-bond acceptors (Lipinski definition) is 7. The highest BCUT2D eigenvalue weighted by molar-refractivity contribution is 7.89. The lowest BCUT2D eigenvalue weighted by Crippen LogP contribution is -2.27. The van der Waals surface area contributed by atoms with Crippen molar-refractivity contribution in [3.63, 3.8) is 0 Å². The lowest BCUT2D eigenvalue weighted by atomic mass is 10.2. The van der Waals surface area contributed by atoms with E-state index >= 15 is 0 Å². The molecule has 0 aromatic heterocycles. The number of hydrogen-bond donors (Lipinski definition) is 2. The van der Waals surface area contributed by atoms with Crippen molar-refractivity contribution >= 4 is 27.3 Å². The van der Waals surface area contributed by atoms with Gasteiger partial charge in [0.15, 0.2) is 0 Å². The standard InChI is InChI=1S/C17H19N3O7S/c1-26-13-4-6-14(7-5-13)28(24,25)18-10-9-17(21)19-15-8-3-12(20(22)23)11-16(15)27-2/h3-8,11,18H,9-10H2,1-2H3,(H,19,21). The summed E-state index contributed by atoms with van der Waals surface area (Å²) in [4.78, 5) is 22.3. The van der Waals surface area contributed by atoms with Gasteiger partial charge in [-0.25, -0.2) is 13.1 Å². The highest BCUT2D eigenvalue weighted by Crippen LogP contribution is 2.29. The molecule has 0 unspecified atom stereocenters. The molecular weight excluding hydrogens is 390 g/mol. The molecule has 0 bridgehead atoms. The van der Waals surface area contributed by atoms with E-state index in [1.165, 1.54) is 56.7 Å². The maximum absolute atomic E-state index is 12.2. The van der Waals surface area contributed by atoms with E-state index in [9.17, 15) is 23.3 Å². The minimum atomic E-state index is -3.77. The zero-order valence-electron chi connectivity index (χ0n) is 15.2. The van der Waals surface area contributed by atoms with Crippen LogP contribution in [0.15, 0.2) is 47.4 Å². The third-order valence-electron chi connectivity index (χ3n) is 3.68. The number of benzene rings is 2. The summed E-state index contributed by atoms with van der Waals surface area (Å²) in [7, 11) is -0.977. The Morgan fingerprint density at radius 3 is 2.36 bits per heavy atom. The van der Waals surface area contributed by atoms with Crippen LogP contribution in [0.4, 0.5) is 11.4 Å². The maximum atomic E-state index is 12.2. The summed E-state index contributed by atoms with van der Waals surface area (Å²) in [5.41, 5.74) is 0.0678. The number of carbonyl (C=O) groups is 1. The quantitative estimate of drug-likeness (QED) is 0.477. The number of nitrogens with zero attached hydrogens (tertiary/aromatic N) is 1. The molecule has 2 aromatic carbocycles. The Balaban J connectivity index is 1.94. The van der Waals surface area contributed by atoms with Crippen molar-refractivity contribution in [2.24, 2.45) is 0 Å². The Hall–Kier alpha value is -3.18. The fourth-order valence-electron chi connectivity index (χ4n) is 2.25. The topological polar surface area (TPSA) is 137 Å². The zero-order chi connectivity index (χ0) is 20.7. The van der Waals surface area contributed by atoms with E-state index < -0.39 is 20.9 Å². The number of non-ortho nitro benzene ring substituents is 1. The van der Waals surface area contributed by atoms with Crippen molar-refractivity contribution in [1.82, 2.24) is 4.72 Å². The molecule has 0 aliphatic carbocycles. The number of sulfonamides is 1. The Kier molecular flexibility index (Phi) is 6.90. The minimum Gasteiger partial charge on any atom is -0.497 e. The molecule has 0 heterocycles. The number of ether oxygens (including phenoxy) is 2. The maximum Gasteiger partial charge on any atom is 0.273 e. The lowest BCUT2D eigenvalue weighted by Gasteiger charge is -2.11. The molecule has 0 saturated carbocycles. The van der Waals surface area contributed by atoms with Gasteiger partial charge in [0.1, 0.15) is 11.5 Å². The molecule has 0 aliphatic rings. The molecule has 0 radical (unpaired) electrons. The Morgan fingerprint density at radius 1 is 1.11 bits per heavy atom. The first kappa shape index (κ1) is 21.1. The van der Waals surface area contributed by atoms with E-state index in [1.807, 2.05) is 0 Å². The van der Waals surface area contributed by atoms with Gasteiger partial charge < -0.3 is 14.8 Å². The van der Waals surface area contributed by atoms with Crippen molar-refractivity contribution in [1.29, 1.82) is 0 Å². The predicted octanol–water partition coefficient (Wildman–Crippen LogP) is 1.92. The van der Waals surface area contributed by atoms with Crippen LogP contribution in [-0.2, 0) is 14.8 Å². The molecule has 150 valence electrons. The second kappa shape index (κ2) is 9.15. The number of nitrogens with one attached hydrogen (secondary N) is 2. The Labute approximate surface area is 161 Å². The monoisotopic (exact) mass is 409 g/mol. The van der Waals surface area contributed by atoms with Gasteiger partial charge in [-0.15, -0.1) is 0 Å². The molecule has 2 N–H and O–H groups in total. The molecule has 10 nitrogen and oxygen atoms in total. The second-order valence-corrected chi connectivity index (χ2v) is 7.28. The number of carbonyl (C=O) groups excluding carboxylic acids is 1. The zero-order valence-corrected chi connectivity index (χ0v) is 16.0. The summed E-state index contributed by atoms with van der Waals surface area (Å²) in [6.45, 7) is -0.129. The predicted molar refractivity (Wildman–Crippen MR) is 101 cm³/mol. The molecule has 0 aliphatic heterocycles. The highest BCUT2D eigenvalue weighted by atomic mass is 32.2. The van der Waals surface area contributed by atoms with Crippen LogP contribution in [0.3, 0.4) is 0 Å². The number of amides is 1. The molecule has 2 aromatic rings. The largest absolute Gasteiger partial charge is 0.497 e. The molecule has 1 amide bonds. The van der Waals surface area contributed by atoms with Gasteiger partial charge in [-0.3, -0.25) is 14.9 Å². The number of nitro groups is 1. The van der Waals surface area contributed by atoms with E-state index in [1.54, 1.807) is 0 Å². The summed E-state index contributed by atoms with van der Waals surface area (Å²) in [6, 6.07) is 9.57. The molecule has 0 saturated heterocycles. The fourth-order valence-corrected chi connectivity index (χ4v) is 3.28. The molecule has 28 heavy (non-hydrogen) atoms. The van der Waals surface area contributed by atoms with Crippen molar-refractivity contribution in [2.45, 2.75) is 11.3 Å². The second-order valence-electron chi connectivity index (χ2n) is 5.51. The van der Waals surface area contributed by atoms with Crippen LogP contribution in [0, 0.1) is 10.1 Å². The van der Waals surface area contributed by atoms with Gasteiger partial charge >= 0.3 is 0 Å². The summed E-state index contributed by atoms with van der Waals surface area (Å²) in [6.07, 6.45) is -0.143. The first-order valence-corrected chi connectivity index (χ1v) is 9.51. The molecule has 0 spiro atoms. The van der Waals surface area contributed by atoms with Crippen LogP contribution in [0.1, 0.15) is 6.42 Å². The smallest absolute Gasteiger partial charge is 0.273 e. The number of anilines is 1. The van der Waals surface area contributed by atoms with Crippen LogP contribution in [0.25, 0.3) is 0 Å². The van der Waals surface area contributed by atoms with Crippen LogP contribution in [-0.4, -0.2) is 40.0 Å². The number of nitro benzene ring substituents is 1. The molecule has 2 rings (SSSR count). The Bertz CT molecular complexity index is 959. The van der Waals surface area contributed by atoms with Gasteiger partial charge in [-0.1, -0.05) is 0 Å². The first-order valence-electron chi connectivity index (χ1n) is 8.03. The number of methoxy groups -OCH3 is 2. The van der Waals surface area contributed by atoms with E-state index in [2.05, 4.69) is 10.0 Å². The van der Waals surface area contributed by atoms with Gasteiger partial charge in [0.25, 0.3) is 5.69 Å². The highest BCUT2D eigenvalue weighted by Gasteiger charge is 2.16. The normalized spacial score (nSPS) is 10.9. The molecular formula is C17H19N3O7S. The van der Waals surface area contributed by atoms with Crippen molar-refractivity contribution in [3.05, 3.63) is 52.6 Å². The number of rotatable bonds is 9. The summed E-state index contributed by atoms with van der Waals surface area (Å²) in [5.74, 6) is 0.168. The van der Waals surface area contributed by atoms with E-state index in [0.717, 1.165) is 0 Å². The third kappa shape index (κ3) is 5.41. The Morgan fingerprint density at radius 2 is 1.79 bits per heavy atom. The van der Waals surface area contributed by atoms with Gasteiger partial charge in [0.05, 0.1) is 35.8 Å². The van der Waals surface area contributed by atoms with Crippen LogP contribution >= 0.6 is 0 Å². The fraction of sp³-hybridized carbons (Fsp3) is 0.235. The molecule has 11 heteroatoms. The van der Waals surface area contributed by atoms with Crippen LogP contribution in [0.5, 0.6) is 11.5 Å². The van der Waals surface area contributed by atoms with Crippen molar-refractivity contribution in [3.8, 4) is 11.5 Å². The molecule has 0 fully saturated rings. The van der Waals surface area contributed by atoms with E-state index in [-0.39, 0.29) is 35.0 Å². The minimum absolute atomic E-state index is 0.0470. The van der Waals surface area contributed by atoms with Crippen molar-refractivity contribution in [2.75, 3.05) is 26.1 Å². The van der Waals surface area contributed by atoms with Crippen LogP contribution < -0.4 is 19.5 Å². The lowest BCUT2D eigenvalue weighted by molar-refractivity contribution is -0.384. The summed E-state index contributed by atoms with van der Waals surface area (Å²) in [5, 5.41) is 13.3. The average molecular weight is 409 g/mol. The first-order chi connectivity index (χ1) is 13.3. The van der Waals surface area contributed by atoms with E-state index in [4.69, 9.17) is 9.47 Å². The van der Waals surface area contributed by atoms with Gasteiger partial charge in [-0.2, -0.15) is 0 Å². The molecule has 0 atom stereocenters. The van der Waals surface area contributed by atoms with Gasteiger partial charge in [0, 0.05) is 19.0 Å². The van der Waals surface area contributed by atoms with E-state index in [0.29, 0.717) is 5.75 Å². The van der Waals surface area contributed by atoms with Crippen molar-refractivity contribution < 1.29 is 27.6 Å². The average Bonchev–Trinajstić information content (AvgIpc) is 2.68.